The highest BCUT2D eigenvalue weighted by Crippen LogP contribution is 2.28. The van der Waals surface area contributed by atoms with Crippen LogP contribution >= 0.6 is 0 Å². The molecule has 6 nitrogen and oxygen atoms in total. The van der Waals surface area contributed by atoms with Crippen molar-refractivity contribution in [2.75, 3.05) is 20.8 Å². The molecule has 0 aliphatic heterocycles. The topological polar surface area (TPSA) is 88.0 Å². The lowest BCUT2D eigenvalue weighted by molar-refractivity contribution is 0.0948. The smallest absolute Gasteiger partial charge is 0.258 e. The van der Waals surface area contributed by atoms with Gasteiger partial charge in [0.25, 0.3) is 5.91 Å². The van der Waals surface area contributed by atoms with Gasteiger partial charge in [-0.05, 0) is 36.2 Å². The Hall–Kier alpha value is -2.89. The Morgan fingerprint density at radius 2 is 1.70 bits per heavy atom. The molecule has 2 aromatic rings. The first-order chi connectivity index (χ1) is 11.1. The minimum Gasteiger partial charge on any atom is -0.507 e. The monoisotopic (exact) mass is 317 g/mol. The fraction of sp³-hybridized carbons (Fsp3) is 0.235. The Morgan fingerprint density at radius 1 is 1.04 bits per heavy atom. The molecule has 0 saturated heterocycles. The normalized spacial score (nSPS) is 10.2. The van der Waals surface area contributed by atoms with E-state index in [-0.39, 0.29) is 17.1 Å². The highest BCUT2D eigenvalue weighted by atomic mass is 16.5. The van der Waals surface area contributed by atoms with E-state index >= 15 is 0 Å². The molecule has 0 atom stereocenters. The molecule has 0 heterocycles. The summed E-state index contributed by atoms with van der Waals surface area (Å²) < 4.78 is 10.4. The van der Waals surface area contributed by atoms with E-state index in [9.17, 15) is 15.0 Å². The molecule has 0 spiro atoms. The number of rotatable bonds is 6. The highest BCUT2D eigenvalue weighted by Gasteiger charge is 2.15. The largest absolute Gasteiger partial charge is 0.507 e. The second-order valence-electron chi connectivity index (χ2n) is 4.87. The van der Waals surface area contributed by atoms with Gasteiger partial charge in [0.05, 0.1) is 14.2 Å². The number of carbonyl (C=O) groups excluding carboxylic acids is 1. The first kappa shape index (κ1) is 16.5. The Kier molecular flexibility index (Phi) is 5.30. The van der Waals surface area contributed by atoms with E-state index in [0.29, 0.717) is 24.5 Å². The van der Waals surface area contributed by atoms with Crippen molar-refractivity contribution in [1.29, 1.82) is 0 Å². The van der Waals surface area contributed by atoms with E-state index in [0.717, 1.165) is 5.56 Å². The maximum Gasteiger partial charge on any atom is 0.258 e. The number of phenols is 2. The number of hydrogen-bond donors (Lipinski definition) is 3. The lowest BCUT2D eigenvalue weighted by atomic mass is 10.1. The van der Waals surface area contributed by atoms with Gasteiger partial charge in [-0.25, -0.2) is 0 Å². The molecule has 0 saturated carbocycles. The van der Waals surface area contributed by atoms with Crippen LogP contribution in [0.3, 0.4) is 0 Å². The summed E-state index contributed by atoms with van der Waals surface area (Å²) in [6, 6.07) is 9.68. The van der Waals surface area contributed by atoms with Crippen LogP contribution in [0.2, 0.25) is 0 Å². The maximum absolute atomic E-state index is 12.0. The molecule has 0 aliphatic carbocycles. The zero-order valence-corrected chi connectivity index (χ0v) is 13.0. The summed E-state index contributed by atoms with van der Waals surface area (Å²) in [4.78, 5) is 12.0. The van der Waals surface area contributed by atoms with E-state index in [1.54, 1.807) is 20.3 Å². The van der Waals surface area contributed by atoms with E-state index in [1.165, 1.54) is 18.2 Å². The van der Waals surface area contributed by atoms with Gasteiger partial charge >= 0.3 is 0 Å². The van der Waals surface area contributed by atoms with Crippen molar-refractivity contribution in [1.82, 2.24) is 5.32 Å². The van der Waals surface area contributed by atoms with Gasteiger partial charge < -0.3 is 25.0 Å². The number of hydrogen-bond acceptors (Lipinski definition) is 5. The number of methoxy groups -OCH3 is 2. The quantitative estimate of drug-likeness (QED) is 0.759. The molecule has 1 amide bonds. The Balaban J connectivity index is 1.98. The summed E-state index contributed by atoms with van der Waals surface area (Å²) in [5, 5.41) is 22.0. The van der Waals surface area contributed by atoms with Crippen molar-refractivity contribution in [3.05, 3.63) is 47.5 Å². The van der Waals surface area contributed by atoms with Gasteiger partial charge in [0, 0.05) is 6.54 Å². The molecule has 2 rings (SSSR count). The minimum absolute atomic E-state index is 0.125. The van der Waals surface area contributed by atoms with Crippen molar-refractivity contribution >= 4 is 5.91 Å². The van der Waals surface area contributed by atoms with Crippen molar-refractivity contribution in [3.63, 3.8) is 0 Å². The molecule has 6 heteroatoms. The third-order valence-corrected chi connectivity index (χ3v) is 3.39. The van der Waals surface area contributed by atoms with E-state index in [1.807, 2.05) is 12.1 Å². The lowest BCUT2D eigenvalue weighted by Gasteiger charge is -2.11. The summed E-state index contributed by atoms with van der Waals surface area (Å²) in [5.41, 5.74) is 0.837. The SMILES string of the molecule is COc1ccc(CCNC(=O)c2c(O)cccc2O)cc1OC. The van der Waals surface area contributed by atoms with Crippen LogP contribution in [0.5, 0.6) is 23.0 Å². The lowest BCUT2D eigenvalue weighted by Crippen LogP contribution is -2.25. The second-order valence-corrected chi connectivity index (χ2v) is 4.87. The molecule has 0 unspecified atom stereocenters. The fourth-order valence-corrected chi connectivity index (χ4v) is 2.21. The van der Waals surface area contributed by atoms with Crippen molar-refractivity contribution < 1.29 is 24.5 Å². The summed E-state index contributed by atoms with van der Waals surface area (Å²) in [6.07, 6.45) is 0.570. The van der Waals surface area contributed by atoms with Crippen LogP contribution in [-0.4, -0.2) is 36.9 Å². The molecule has 0 radical (unpaired) electrons. The number of carbonyl (C=O) groups is 1. The predicted molar refractivity (Wildman–Crippen MR) is 85.4 cm³/mol. The molecular weight excluding hydrogens is 298 g/mol. The maximum atomic E-state index is 12.0. The average Bonchev–Trinajstić information content (AvgIpc) is 2.54. The van der Waals surface area contributed by atoms with Crippen LogP contribution in [0.4, 0.5) is 0 Å². The van der Waals surface area contributed by atoms with Gasteiger partial charge in [-0.15, -0.1) is 0 Å². The Bertz CT molecular complexity index is 679. The van der Waals surface area contributed by atoms with Crippen LogP contribution in [0, 0.1) is 0 Å². The Labute approximate surface area is 134 Å². The molecule has 0 bridgehead atoms. The molecule has 3 N–H and O–H groups in total. The molecule has 122 valence electrons. The number of amides is 1. The van der Waals surface area contributed by atoms with Crippen molar-refractivity contribution in [3.8, 4) is 23.0 Å². The van der Waals surface area contributed by atoms with Crippen molar-refractivity contribution in [2.24, 2.45) is 0 Å². The number of ether oxygens (including phenoxy) is 2. The highest BCUT2D eigenvalue weighted by molar-refractivity contribution is 5.99. The first-order valence-corrected chi connectivity index (χ1v) is 7.07. The van der Waals surface area contributed by atoms with Gasteiger partial charge in [-0.2, -0.15) is 0 Å². The number of phenolic OH excluding ortho intramolecular Hbond substituents is 2. The average molecular weight is 317 g/mol. The van der Waals surface area contributed by atoms with Gasteiger partial charge in [-0.3, -0.25) is 4.79 Å². The molecule has 0 aromatic heterocycles. The van der Waals surface area contributed by atoms with Gasteiger partial charge in [0.1, 0.15) is 17.1 Å². The molecule has 23 heavy (non-hydrogen) atoms. The van der Waals surface area contributed by atoms with Gasteiger partial charge in [-0.1, -0.05) is 12.1 Å². The zero-order valence-electron chi connectivity index (χ0n) is 13.0. The number of benzene rings is 2. The predicted octanol–water partition coefficient (Wildman–Crippen LogP) is 2.09. The molecular formula is C17H19NO5. The van der Waals surface area contributed by atoms with Crippen molar-refractivity contribution in [2.45, 2.75) is 6.42 Å². The van der Waals surface area contributed by atoms with Crippen LogP contribution < -0.4 is 14.8 Å². The third-order valence-electron chi connectivity index (χ3n) is 3.39. The third kappa shape index (κ3) is 3.85. The van der Waals surface area contributed by atoms with Crippen LogP contribution in [0.25, 0.3) is 0 Å². The number of nitrogens with one attached hydrogen (secondary N) is 1. The number of aromatic hydroxyl groups is 2. The standard InChI is InChI=1S/C17H19NO5/c1-22-14-7-6-11(10-15(14)23-2)8-9-18-17(21)16-12(19)4-3-5-13(16)20/h3-7,10,19-20H,8-9H2,1-2H3,(H,18,21). The van der Waals surface area contributed by atoms with Gasteiger partial charge in [0.2, 0.25) is 0 Å². The molecule has 0 aliphatic rings. The van der Waals surface area contributed by atoms with E-state index in [4.69, 9.17) is 9.47 Å². The van der Waals surface area contributed by atoms with Gasteiger partial charge in [0.15, 0.2) is 11.5 Å². The van der Waals surface area contributed by atoms with E-state index < -0.39 is 5.91 Å². The first-order valence-electron chi connectivity index (χ1n) is 7.07. The van der Waals surface area contributed by atoms with Crippen LogP contribution in [0.1, 0.15) is 15.9 Å². The summed E-state index contributed by atoms with van der Waals surface area (Å²) >= 11 is 0. The Morgan fingerprint density at radius 3 is 2.30 bits per heavy atom. The summed E-state index contributed by atoms with van der Waals surface area (Å²) in [7, 11) is 3.13. The zero-order chi connectivity index (χ0) is 16.8. The summed E-state index contributed by atoms with van der Waals surface area (Å²) in [6.45, 7) is 0.349. The molecule has 2 aromatic carbocycles. The fourth-order valence-electron chi connectivity index (χ4n) is 2.21. The minimum atomic E-state index is -0.527. The second kappa shape index (κ2) is 7.40. The van der Waals surface area contributed by atoms with Crippen LogP contribution in [-0.2, 0) is 6.42 Å². The summed E-state index contributed by atoms with van der Waals surface area (Å²) in [5.74, 6) is 0.220. The van der Waals surface area contributed by atoms with E-state index in [2.05, 4.69) is 5.32 Å². The van der Waals surface area contributed by atoms with Crippen LogP contribution in [0.15, 0.2) is 36.4 Å². The molecule has 0 fully saturated rings.